The first kappa shape index (κ1) is 30.9. The summed E-state index contributed by atoms with van der Waals surface area (Å²) in [6, 6.07) is 46.1. The van der Waals surface area contributed by atoms with Crippen molar-refractivity contribution in [3.63, 3.8) is 0 Å². The lowest BCUT2D eigenvalue weighted by molar-refractivity contribution is 0.447. The summed E-state index contributed by atoms with van der Waals surface area (Å²) in [5.74, 6) is 0. The molecule has 9 rings (SSSR count). The van der Waals surface area contributed by atoms with Gasteiger partial charge in [-0.2, -0.15) is 0 Å². The summed E-state index contributed by atoms with van der Waals surface area (Å²) in [5, 5.41) is 2.60. The molecule has 50 heavy (non-hydrogen) atoms. The van der Waals surface area contributed by atoms with Gasteiger partial charge in [-0.1, -0.05) is 117 Å². The zero-order chi connectivity index (χ0) is 34.2. The van der Waals surface area contributed by atoms with E-state index in [4.69, 9.17) is 0 Å². The summed E-state index contributed by atoms with van der Waals surface area (Å²) < 4.78 is 0. The van der Waals surface area contributed by atoms with Gasteiger partial charge < -0.3 is 9.80 Å². The minimum atomic E-state index is -0.0975. The van der Waals surface area contributed by atoms with Crippen LogP contribution in [0.4, 0.5) is 22.7 Å². The van der Waals surface area contributed by atoms with Gasteiger partial charge in [0.2, 0.25) is 0 Å². The Labute approximate surface area is 297 Å². The maximum Gasteiger partial charge on any atom is 0.0493 e. The van der Waals surface area contributed by atoms with Gasteiger partial charge in [0.05, 0.1) is 0 Å². The molecule has 0 bridgehead atoms. The second-order valence-electron chi connectivity index (χ2n) is 15.9. The van der Waals surface area contributed by atoms with E-state index < -0.39 is 0 Å². The molecule has 2 nitrogen and oxygen atoms in total. The maximum atomic E-state index is 2.58. The summed E-state index contributed by atoms with van der Waals surface area (Å²) in [5.41, 5.74) is 16.2. The standard InChI is InChI=1S/C48H46N2/c1-32-18-21-35-12-6-10-16-44(35)49(32)46-27-23-34(38-14-8-9-15-41(38)46)22-19-33-20-25-39-40-26-24-37(31-43(40)48(4,5)42(39)30-33)50-45-17-11-7-13-36(45)28-29-47(50,2)3/h6-17,19-20,22-27,30-32H,18,21,28-29H2,1-5H3/b22-19+. The topological polar surface area (TPSA) is 6.48 Å². The van der Waals surface area contributed by atoms with Crippen molar-refractivity contribution in [1.82, 2.24) is 0 Å². The second kappa shape index (κ2) is 11.5. The lowest BCUT2D eigenvalue weighted by Gasteiger charge is -2.45. The number of hydrogen-bond donors (Lipinski definition) is 0. The number of rotatable bonds is 4. The molecule has 2 heteroatoms. The molecule has 0 radical (unpaired) electrons. The van der Waals surface area contributed by atoms with Crippen LogP contribution in [0.3, 0.4) is 0 Å². The van der Waals surface area contributed by atoms with E-state index in [0.29, 0.717) is 6.04 Å². The highest BCUT2D eigenvalue weighted by Gasteiger charge is 2.38. The third kappa shape index (κ3) is 4.83. The third-order valence-corrected chi connectivity index (χ3v) is 12.0. The first-order chi connectivity index (χ1) is 24.2. The molecule has 0 saturated heterocycles. The number of anilines is 4. The van der Waals surface area contributed by atoms with Crippen molar-refractivity contribution < 1.29 is 0 Å². The van der Waals surface area contributed by atoms with Crippen LogP contribution in [0, 0.1) is 0 Å². The van der Waals surface area contributed by atoms with E-state index >= 15 is 0 Å². The van der Waals surface area contributed by atoms with Crippen LogP contribution in [-0.2, 0) is 18.3 Å². The Bertz CT molecular complexity index is 2320. The summed E-state index contributed by atoms with van der Waals surface area (Å²) in [4.78, 5) is 5.14. The quantitative estimate of drug-likeness (QED) is 0.175. The zero-order valence-corrected chi connectivity index (χ0v) is 30.0. The van der Waals surface area contributed by atoms with E-state index in [9.17, 15) is 0 Å². The van der Waals surface area contributed by atoms with Crippen LogP contribution >= 0.6 is 0 Å². The van der Waals surface area contributed by atoms with Crippen LogP contribution in [-0.4, -0.2) is 11.6 Å². The Morgan fingerprint density at radius 3 is 2.06 bits per heavy atom. The van der Waals surface area contributed by atoms with Gasteiger partial charge in [-0.3, -0.25) is 0 Å². The van der Waals surface area contributed by atoms with Gasteiger partial charge in [0.1, 0.15) is 0 Å². The fourth-order valence-corrected chi connectivity index (χ4v) is 9.20. The van der Waals surface area contributed by atoms with E-state index in [1.807, 2.05) is 0 Å². The highest BCUT2D eigenvalue weighted by molar-refractivity contribution is 6.02. The SMILES string of the molecule is CC1CCc2ccccc2N1c1ccc(/C=C/c2ccc3c(c2)C(C)(C)c2cc(N4c5ccccc5CCC4(C)C)ccc2-3)c2ccccc12. The molecular formula is C48H46N2. The van der Waals surface area contributed by atoms with E-state index in [1.165, 1.54) is 78.0 Å². The van der Waals surface area contributed by atoms with Gasteiger partial charge in [0.25, 0.3) is 0 Å². The molecule has 0 fully saturated rings. The largest absolute Gasteiger partial charge is 0.338 e. The minimum Gasteiger partial charge on any atom is -0.338 e. The minimum absolute atomic E-state index is 0.0506. The molecule has 0 spiro atoms. The Hall–Kier alpha value is -5.08. The van der Waals surface area contributed by atoms with Crippen LogP contribution < -0.4 is 9.80 Å². The summed E-state index contributed by atoms with van der Waals surface area (Å²) in [6.45, 7) is 11.9. The number of benzene rings is 6. The third-order valence-electron chi connectivity index (χ3n) is 12.0. The van der Waals surface area contributed by atoms with Crippen molar-refractivity contribution in [3.8, 4) is 11.1 Å². The van der Waals surface area contributed by atoms with Crippen molar-refractivity contribution in [2.75, 3.05) is 9.80 Å². The van der Waals surface area contributed by atoms with Crippen molar-refractivity contribution in [3.05, 3.63) is 155 Å². The van der Waals surface area contributed by atoms with E-state index in [1.54, 1.807) is 0 Å². The Morgan fingerprint density at radius 2 is 1.26 bits per heavy atom. The highest BCUT2D eigenvalue weighted by atomic mass is 15.2. The number of nitrogens with zero attached hydrogens (tertiary/aromatic N) is 2. The maximum absolute atomic E-state index is 2.58. The van der Waals surface area contributed by atoms with Crippen LogP contribution in [0.25, 0.3) is 34.1 Å². The van der Waals surface area contributed by atoms with Crippen LogP contribution in [0.5, 0.6) is 0 Å². The molecule has 248 valence electrons. The molecule has 1 atom stereocenters. The molecule has 2 heterocycles. The number of fused-ring (bicyclic) bond motifs is 6. The van der Waals surface area contributed by atoms with Crippen molar-refractivity contribution in [1.29, 1.82) is 0 Å². The molecule has 1 unspecified atom stereocenters. The van der Waals surface area contributed by atoms with Gasteiger partial charge in [0, 0.05) is 45.1 Å². The van der Waals surface area contributed by atoms with Gasteiger partial charge >= 0.3 is 0 Å². The predicted octanol–water partition coefficient (Wildman–Crippen LogP) is 12.7. The van der Waals surface area contributed by atoms with Gasteiger partial charge in [-0.05, 0) is 127 Å². The number of aryl methyl sites for hydroxylation is 2. The fourth-order valence-electron chi connectivity index (χ4n) is 9.20. The van der Waals surface area contributed by atoms with Crippen molar-refractivity contribution in [2.24, 2.45) is 0 Å². The van der Waals surface area contributed by atoms with E-state index in [-0.39, 0.29) is 11.0 Å². The molecule has 0 saturated carbocycles. The van der Waals surface area contributed by atoms with Gasteiger partial charge in [-0.15, -0.1) is 0 Å². The number of hydrogen-bond acceptors (Lipinski definition) is 2. The normalized spacial score (nSPS) is 18.5. The van der Waals surface area contributed by atoms with Gasteiger partial charge in [-0.25, -0.2) is 0 Å². The number of para-hydroxylation sites is 2. The lowest BCUT2D eigenvalue weighted by Crippen LogP contribution is -2.44. The van der Waals surface area contributed by atoms with Crippen molar-refractivity contribution >= 4 is 45.7 Å². The smallest absolute Gasteiger partial charge is 0.0493 e. The molecule has 6 aromatic rings. The van der Waals surface area contributed by atoms with Crippen molar-refractivity contribution in [2.45, 2.75) is 77.3 Å². The summed E-state index contributed by atoms with van der Waals surface area (Å²) >= 11 is 0. The zero-order valence-electron chi connectivity index (χ0n) is 30.0. The average molecular weight is 651 g/mol. The fraction of sp³-hybridized carbons (Fsp3) is 0.250. The van der Waals surface area contributed by atoms with E-state index in [2.05, 4.69) is 178 Å². The molecule has 2 aliphatic heterocycles. The first-order valence-electron chi connectivity index (χ1n) is 18.5. The van der Waals surface area contributed by atoms with Crippen LogP contribution in [0.2, 0.25) is 0 Å². The van der Waals surface area contributed by atoms with Gasteiger partial charge in [0.15, 0.2) is 0 Å². The summed E-state index contributed by atoms with van der Waals surface area (Å²) in [6.07, 6.45) is 9.19. The molecule has 0 N–H and O–H groups in total. The monoisotopic (exact) mass is 650 g/mol. The predicted molar refractivity (Wildman–Crippen MR) is 214 cm³/mol. The average Bonchev–Trinajstić information content (AvgIpc) is 3.35. The highest BCUT2D eigenvalue weighted by Crippen LogP contribution is 2.52. The summed E-state index contributed by atoms with van der Waals surface area (Å²) in [7, 11) is 0. The van der Waals surface area contributed by atoms with Crippen LogP contribution in [0.15, 0.2) is 121 Å². The van der Waals surface area contributed by atoms with Crippen LogP contribution in [0.1, 0.15) is 80.8 Å². The molecule has 0 aromatic heterocycles. The Kier molecular flexibility index (Phi) is 7.11. The lowest BCUT2D eigenvalue weighted by atomic mass is 9.81. The molecule has 0 amide bonds. The Morgan fingerprint density at radius 1 is 0.600 bits per heavy atom. The molecular weight excluding hydrogens is 605 g/mol. The Balaban J connectivity index is 1.05. The molecule has 3 aliphatic rings. The molecule has 1 aliphatic carbocycles. The molecule has 6 aromatic carbocycles. The second-order valence-corrected chi connectivity index (χ2v) is 15.9. The first-order valence-corrected chi connectivity index (χ1v) is 18.5. The van der Waals surface area contributed by atoms with E-state index in [0.717, 1.165) is 25.7 Å².